The van der Waals surface area contributed by atoms with Gasteiger partial charge in [-0.1, -0.05) is 0 Å². The lowest BCUT2D eigenvalue weighted by Crippen LogP contribution is -2.35. The zero-order valence-corrected chi connectivity index (χ0v) is 14.8. The molecule has 1 aliphatic rings. The van der Waals surface area contributed by atoms with E-state index in [9.17, 15) is 4.79 Å². The third kappa shape index (κ3) is 4.11. The van der Waals surface area contributed by atoms with Gasteiger partial charge in [-0.25, -0.2) is 19.7 Å². The zero-order chi connectivity index (χ0) is 18.0. The quantitative estimate of drug-likeness (QED) is 0.899. The summed E-state index contributed by atoms with van der Waals surface area (Å²) in [6.45, 7) is 8.58. The molecule has 0 spiro atoms. The lowest BCUT2D eigenvalue weighted by molar-refractivity contribution is 0.00665. The topological polar surface area (TPSA) is 104 Å². The Balaban J connectivity index is 1.77. The van der Waals surface area contributed by atoms with Gasteiger partial charge in [0.25, 0.3) is 0 Å². The third-order valence-corrected chi connectivity index (χ3v) is 3.64. The number of nitrogens with zero attached hydrogens (tertiary/aromatic N) is 5. The standard InChI is InChI=1S/C16H22N6O3/c1-10(21-15(23)25-16(2,3)4)14-19-9-20-22(14)13-5-12(17-8-18-13)11-6-24-7-11/h5,8-11H,6-7H2,1-4H3,(H,21,23). The molecule has 1 unspecified atom stereocenters. The van der Waals surface area contributed by atoms with Crippen LogP contribution in [0.3, 0.4) is 0 Å². The Morgan fingerprint density at radius 2 is 2.08 bits per heavy atom. The molecule has 25 heavy (non-hydrogen) atoms. The first-order valence-corrected chi connectivity index (χ1v) is 8.13. The lowest BCUT2D eigenvalue weighted by Gasteiger charge is -2.25. The zero-order valence-electron chi connectivity index (χ0n) is 14.8. The minimum absolute atomic E-state index is 0.283. The number of hydrogen-bond donors (Lipinski definition) is 1. The summed E-state index contributed by atoms with van der Waals surface area (Å²) in [7, 11) is 0. The number of ether oxygens (including phenoxy) is 2. The summed E-state index contributed by atoms with van der Waals surface area (Å²) in [4.78, 5) is 24.8. The predicted molar refractivity (Wildman–Crippen MR) is 88.3 cm³/mol. The highest BCUT2D eigenvalue weighted by molar-refractivity contribution is 5.68. The van der Waals surface area contributed by atoms with Crippen LogP contribution in [0.5, 0.6) is 0 Å². The van der Waals surface area contributed by atoms with Crippen molar-refractivity contribution in [2.75, 3.05) is 13.2 Å². The number of carbonyl (C=O) groups excluding carboxylic acids is 1. The van der Waals surface area contributed by atoms with Crippen LogP contribution in [0.25, 0.3) is 5.82 Å². The van der Waals surface area contributed by atoms with E-state index in [1.165, 1.54) is 12.7 Å². The van der Waals surface area contributed by atoms with E-state index in [0.29, 0.717) is 24.9 Å². The number of carbonyl (C=O) groups is 1. The Morgan fingerprint density at radius 3 is 2.72 bits per heavy atom. The van der Waals surface area contributed by atoms with E-state index in [1.807, 2.05) is 33.8 Å². The molecule has 2 aromatic heterocycles. The number of rotatable bonds is 4. The molecule has 3 heterocycles. The summed E-state index contributed by atoms with van der Waals surface area (Å²) in [6.07, 6.45) is 2.42. The van der Waals surface area contributed by atoms with E-state index < -0.39 is 17.7 Å². The van der Waals surface area contributed by atoms with Gasteiger partial charge in [-0.05, 0) is 27.7 Å². The lowest BCUT2D eigenvalue weighted by atomic mass is 10.0. The SMILES string of the molecule is CC(NC(=O)OC(C)(C)C)c1ncnn1-c1cc(C2COC2)ncn1. The number of alkyl carbamates (subject to hydrolysis) is 1. The Hall–Kier alpha value is -2.55. The Kier molecular flexibility index (Phi) is 4.67. The maximum Gasteiger partial charge on any atom is 0.408 e. The monoisotopic (exact) mass is 346 g/mol. The number of hydrogen-bond acceptors (Lipinski definition) is 7. The van der Waals surface area contributed by atoms with E-state index in [1.54, 1.807) is 4.68 Å². The van der Waals surface area contributed by atoms with Crippen molar-refractivity contribution in [1.82, 2.24) is 30.0 Å². The van der Waals surface area contributed by atoms with Gasteiger partial charge in [0, 0.05) is 12.0 Å². The minimum Gasteiger partial charge on any atom is -0.444 e. The molecule has 3 rings (SSSR count). The van der Waals surface area contributed by atoms with Crippen molar-refractivity contribution >= 4 is 6.09 Å². The van der Waals surface area contributed by atoms with Crippen molar-refractivity contribution in [3.05, 3.63) is 30.2 Å². The summed E-state index contributed by atoms with van der Waals surface area (Å²) >= 11 is 0. The van der Waals surface area contributed by atoms with Gasteiger partial charge in [-0.3, -0.25) is 0 Å². The van der Waals surface area contributed by atoms with Gasteiger partial charge in [0.05, 0.1) is 24.9 Å². The Bertz CT molecular complexity index is 750. The van der Waals surface area contributed by atoms with E-state index in [2.05, 4.69) is 25.4 Å². The van der Waals surface area contributed by atoms with E-state index in [0.717, 1.165) is 5.69 Å². The molecule has 134 valence electrons. The van der Waals surface area contributed by atoms with Crippen molar-refractivity contribution in [3.63, 3.8) is 0 Å². The van der Waals surface area contributed by atoms with Crippen LogP contribution in [-0.4, -0.2) is 49.6 Å². The number of aromatic nitrogens is 5. The number of nitrogens with one attached hydrogen (secondary N) is 1. The normalized spacial score (nSPS) is 16.2. The largest absolute Gasteiger partial charge is 0.444 e. The highest BCUT2D eigenvalue weighted by Gasteiger charge is 2.24. The molecule has 0 aliphatic carbocycles. The molecule has 1 N–H and O–H groups in total. The van der Waals surface area contributed by atoms with Crippen LogP contribution in [0.15, 0.2) is 18.7 Å². The molecule has 0 radical (unpaired) electrons. The van der Waals surface area contributed by atoms with Crippen LogP contribution in [0, 0.1) is 0 Å². The first-order chi connectivity index (χ1) is 11.8. The first-order valence-electron chi connectivity index (χ1n) is 8.13. The van der Waals surface area contributed by atoms with Gasteiger partial charge < -0.3 is 14.8 Å². The molecule has 1 atom stereocenters. The van der Waals surface area contributed by atoms with Crippen molar-refractivity contribution < 1.29 is 14.3 Å². The summed E-state index contributed by atoms with van der Waals surface area (Å²) in [5.74, 6) is 1.44. The molecule has 2 aromatic rings. The van der Waals surface area contributed by atoms with Crippen LogP contribution >= 0.6 is 0 Å². The van der Waals surface area contributed by atoms with E-state index >= 15 is 0 Å². The van der Waals surface area contributed by atoms with Crippen molar-refractivity contribution in [2.45, 2.75) is 45.3 Å². The van der Waals surface area contributed by atoms with Gasteiger partial charge in [0.2, 0.25) is 0 Å². The second-order valence-electron chi connectivity index (χ2n) is 6.93. The highest BCUT2D eigenvalue weighted by Crippen LogP contribution is 2.23. The molecule has 1 aliphatic heterocycles. The van der Waals surface area contributed by atoms with Crippen LogP contribution < -0.4 is 5.32 Å². The van der Waals surface area contributed by atoms with Gasteiger partial charge in [0.15, 0.2) is 11.6 Å². The summed E-state index contributed by atoms with van der Waals surface area (Å²) < 4.78 is 12.1. The summed E-state index contributed by atoms with van der Waals surface area (Å²) in [5, 5.41) is 6.99. The molecule has 0 aromatic carbocycles. The molecule has 0 saturated carbocycles. The van der Waals surface area contributed by atoms with Crippen molar-refractivity contribution in [2.24, 2.45) is 0 Å². The maximum atomic E-state index is 12.0. The maximum absolute atomic E-state index is 12.0. The van der Waals surface area contributed by atoms with Gasteiger partial charge in [-0.15, -0.1) is 0 Å². The first kappa shape index (κ1) is 17.3. The average Bonchev–Trinajstić information content (AvgIpc) is 2.93. The second-order valence-corrected chi connectivity index (χ2v) is 6.93. The van der Waals surface area contributed by atoms with Gasteiger partial charge in [0.1, 0.15) is 18.3 Å². The van der Waals surface area contributed by atoms with E-state index in [4.69, 9.17) is 9.47 Å². The second kappa shape index (κ2) is 6.75. The van der Waals surface area contributed by atoms with Gasteiger partial charge >= 0.3 is 6.09 Å². The van der Waals surface area contributed by atoms with Crippen LogP contribution in [-0.2, 0) is 9.47 Å². The van der Waals surface area contributed by atoms with Crippen LogP contribution in [0.4, 0.5) is 4.79 Å². The van der Waals surface area contributed by atoms with E-state index in [-0.39, 0.29) is 5.92 Å². The van der Waals surface area contributed by atoms with Crippen molar-refractivity contribution in [3.8, 4) is 5.82 Å². The third-order valence-electron chi connectivity index (χ3n) is 3.64. The fourth-order valence-electron chi connectivity index (χ4n) is 2.38. The Labute approximate surface area is 145 Å². The smallest absolute Gasteiger partial charge is 0.408 e. The molecule has 1 saturated heterocycles. The predicted octanol–water partition coefficient (Wildman–Crippen LogP) is 1.76. The molecular weight excluding hydrogens is 324 g/mol. The Morgan fingerprint density at radius 1 is 1.32 bits per heavy atom. The summed E-state index contributed by atoms with van der Waals surface area (Å²) in [6, 6.07) is 1.47. The van der Waals surface area contributed by atoms with Crippen LogP contribution in [0.2, 0.25) is 0 Å². The average molecular weight is 346 g/mol. The highest BCUT2D eigenvalue weighted by atomic mass is 16.6. The van der Waals surface area contributed by atoms with Crippen LogP contribution in [0.1, 0.15) is 51.2 Å². The van der Waals surface area contributed by atoms with Crippen molar-refractivity contribution in [1.29, 1.82) is 0 Å². The molecule has 9 nitrogen and oxygen atoms in total. The molecule has 0 bridgehead atoms. The minimum atomic E-state index is -0.566. The summed E-state index contributed by atoms with van der Waals surface area (Å²) in [5.41, 5.74) is 0.342. The fraction of sp³-hybridized carbons (Fsp3) is 0.562. The number of amides is 1. The molecule has 1 amide bonds. The molecule has 1 fully saturated rings. The fourth-order valence-corrected chi connectivity index (χ4v) is 2.38. The molecular formula is C16H22N6O3. The molecule has 9 heteroatoms. The van der Waals surface area contributed by atoms with Gasteiger partial charge in [-0.2, -0.15) is 9.78 Å².